The summed E-state index contributed by atoms with van der Waals surface area (Å²) in [6.07, 6.45) is 3.05. The molecule has 1 amide bonds. The van der Waals surface area contributed by atoms with Crippen LogP contribution in [0.15, 0.2) is 12.7 Å². The van der Waals surface area contributed by atoms with Gasteiger partial charge in [-0.2, -0.15) is 0 Å². The first kappa shape index (κ1) is 10.8. The Hall–Kier alpha value is -0.755. The van der Waals surface area contributed by atoms with Crippen LogP contribution in [0.1, 0.15) is 6.92 Å². The van der Waals surface area contributed by atoms with Crippen LogP contribution in [0.2, 0.25) is 0 Å². The van der Waals surface area contributed by atoms with E-state index >= 15 is 0 Å². The number of halogens is 1. The Morgan fingerprint density at radius 2 is 2.33 bits per heavy atom. The average Bonchev–Trinajstić information content (AvgIpc) is 2.61. The van der Waals surface area contributed by atoms with Gasteiger partial charge in [-0.1, -0.05) is 0 Å². The molecule has 0 bridgehead atoms. The summed E-state index contributed by atoms with van der Waals surface area (Å²) in [5.74, 6) is 0.254. The molecule has 0 radical (unpaired) electrons. The van der Waals surface area contributed by atoms with E-state index in [0.29, 0.717) is 17.0 Å². The number of aromatic nitrogens is 4. The predicted octanol–water partition coefficient (Wildman–Crippen LogP) is 0.784. The molecule has 1 N–H and O–H groups in total. The van der Waals surface area contributed by atoms with Gasteiger partial charge < -0.3 is 0 Å². The molecular weight excluding hydrogens is 406 g/mol. The minimum absolute atomic E-state index is 0.181. The van der Waals surface area contributed by atoms with Crippen LogP contribution in [0, 0.1) is 0 Å². The van der Waals surface area contributed by atoms with Gasteiger partial charge in [-0.05, 0) is 0 Å². The summed E-state index contributed by atoms with van der Waals surface area (Å²) in [4.78, 5) is 23.1. The molecule has 0 saturated heterocycles. The van der Waals surface area contributed by atoms with Gasteiger partial charge in [-0.15, -0.1) is 0 Å². The molecule has 0 spiro atoms. The summed E-state index contributed by atoms with van der Waals surface area (Å²) in [5.41, 5.74) is 1.29. The fourth-order valence-electron chi connectivity index (χ4n) is 1.23. The van der Waals surface area contributed by atoms with E-state index in [1.54, 1.807) is 6.33 Å². The Kier molecular flexibility index (Phi) is 3.15. The third kappa shape index (κ3) is 2.10. The fourth-order valence-corrected chi connectivity index (χ4v) is 4.66. The van der Waals surface area contributed by atoms with Crippen molar-refractivity contribution < 1.29 is 28.4 Å². The molecule has 8 heteroatoms. The molecule has 0 fully saturated rings. The van der Waals surface area contributed by atoms with Crippen LogP contribution < -0.4 is 5.32 Å². The van der Waals surface area contributed by atoms with Gasteiger partial charge in [0.05, 0.1) is 0 Å². The summed E-state index contributed by atoms with van der Waals surface area (Å²) >= 11 is -1.61. The van der Waals surface area contributed by atoms with Crippen molar-refractivity contribution in [2.75, 3.05) is 5.32 Å². The standard InChI is InChI=1S/C7H7N5O.ClH.Hg/c1-4(13)12-7-5-6(9-2-8-5)10-3-11-7;;/h2-3H,1H3,(H2,8,9,10,11,12,13);1H;/q;;+2/p-2. The first-order valence-electron chi connectivity index (χ1n) is 4.21. The van der Waals surface area contributed by atoms with Gasteiger partial charge in [-0.25, -0.2) is 0 Å². The van der Waals surface area contributed by atoms with Crippen molar-refractivity contribution in [3.63, 3.8) is 0 Å². The normalized spacial score (nSPS) is 10.0. The fraction of sp³-hybridized carbons (Fsp3) is 0.143. The van der Waals surface area contributed by atoms with Crippen LogP contribution in [0.25, 0.3) is 11.2 Å². The Morgan fingerprint density at radius 3 is 3.00 bits per heavy atom. The van der Waals surface area contributed by atoms with Crippen molar-refractivity contribution in [2.24, 2.45) is 0 Å². The molecule has 0 aliphatic rings. The SMILES string of the molecule is CC(=O)Nc1ncnc2c1nc[n]2[Hg][Cl]. The third-order valence-corrected chi connectivity index (χ3v) is 6.88. The molecule has 0 unspecified atom stereocenters. The van der Waals surface area contributed by atoms with E-state index < -0.39 is 23.6 Å². The number of hydrogen-bond donors (Lipinski definition) is 1. The molecule has 2 rings (SSSR count). The maximum absolute atomic E-state index is 10.9. The number of fused-ring (bicyclic) bond motifs is 1. The topological polar surface area (TPSA) is 72.7 Å². The van der Waals surface area contributed by atoms with E-state index in [4.69, 9.17) is 8.25 Å². The number of anilines is 1. The number of nitrogens with zero attached hydrogens (tertiary/aromatic N) is 4. The quantitative estimate of drug-likeness (QED) is 0.741. The number of nitrogens with one attached hydrogen (secondary N) is 1. The summed E-state index contributed by atoms with van der Waals surface area (Å²) in [5, 5.41) is 2.60. The van der Waals surface area contributed by atoms with E-state index in [9.17, 15) is 4.79 Å². The molecule has 2 aromatic heterocycles. The van der Waals surface area contributed by atoms with Gasteiger partial charge in [0.25, 0.3) is 0 Å². The summed E-state index contributed by atoms with van der Waals surface area (Å²) in [6, 6.07) is 0. The molecular formula is C7H6ClHgN5O. The van der Waals surface area contributed by atoms with Crippen LogP contribution >= 0.6 is 8.25 Å². The molecule has 0 atom stereocenters. The molecule has 0 aliphatic carbocycles. The maximum atomic E-state index is 10.9. The van der Waals surface area contributed by atoms with E-state index in [1.807, 2.05) is 2.33 Å². The number of amides is 1. The summed E-state index contributed by atoms with van der Waals surface area (Å²) in [6.45, 7) is 1.42. The first-order valence-corrected chi connectivity index (χ1v) is 13.4. The van der Waals surface area contributed by atoms with Crippen molar-refractivity contribution in [3.05, 3.63) is 12.7 Å². The van der Waals surface area contributed by atoms with Crippen LogP contribution in [0.4, 0.5) is 5.82 Å². The summed E-state index contributed by atoms with van der Waals surface area (Å²) in [7, 11) is 5.90. The molecule has 0 saturated carbocycles. The molecule has 2 heterocycles. The molecule has 15 heavy (non-hydrogen) atoms. The van der Waals surface area contributed by atoms with Crippen LogP contribution in [0.3, 0.4) is 0 Å². The number of hydrogen-bond acceptors (Lipinski definition) is 4. The van der Waals surface area contributed by atoms with Crippen molar-refractivity contribution in [3.8, 4) is 0 Å². The van der Waals surface area contributed by atoms with Crippen molar-refractivity contribution in [1.29, 1.82) is 0 Å². The molecule has 0 aliphatic heterocycles. The van der Waals surface area contributed by atoms with Gasteiger partial charge in [0.15, 0.2) is 0 Å². The third-order valence-electron chi connectivity index (χ3n) is 1.82. The summed E-state index contributed by atoms with van der Waals surface area (Å²) < 4.78 is 1.88. The van der Waals surface area contributed by atoms with E-state index in [-0.39, 0.29) is 5.91 Å². The van der Waals surface area contributed by atoms with Gasteiger partial charge in [0.1, 0.15) is 0 Å². The molecule has 6 nitrogen and oxygen atoms in total. The number of carbonyl (C=O) groups is 1. The van der Waals surface area contributed by atoms with Gasteiger partial charge in [-0.3, -0.25) is 0 Å². The molecule has 0 aromatic carbocycles. The zero-order chi connectivity index (χ0) is 10.8. The van der Waals surface area contributed by atoms with Crippen LogP contribution in [0.5, 0.6) is 0 Å². The Balaban J connectivity index is 2.56. The van der Waals surface area contributed by atoms with Crippen molar-refractivity contribution in [1.82, 2.24) is 17.3 Å². The van der Waals surface area contributed by atoms with Crippen LogP contribution in [-0.2, 0) is 28.4 Å². The Bertz CT molecular complexity index is 513. The van der Waals surface area contributed by atoms with Gasteiger partial charge >= 0.3 is 102 Å². The first-order chi connectivity index (χ1) is 7.22. The molecule has 2 aromatic rings. The van der Waals surface area contributed by atoms with E-state index in [1.165, 1.54) is 13.3 Å². The van der Waals surface area contributed by atoms with Crippen molar-refractivity contribution in [2.45, 2.75) is 6.92 Å². The van der Waals surface area contributed by atoms with Crippen molar-refractivity contribution >= 4 is 31.1 Å². The number of carbonyl (C=O) groups excluding carboxylic acids is 1. The second-order valence-electron chi connectivity index (χ2n) is 2.91. The van der Waals surface area contributed by atoms with Gasteiger partial charge in [0, 0.05) is 0 Å². The van der Waals surface area contributed by atoms with Gasteiger partial charge in [0.2, 0.25) is 0 Å². The zero-order valence-corrected chi connectivity index (χ0v) is 14.2. The number of imidazole rings is 1. The van der Waals surface area contributed by atoms with E-state index in [2.05, 4.69) is 20.3 Å². The number of rotatable bonds is 2. The second-order valence-corrected chi connectivity index (χ2v) is 8.59. The second kappa shape index (κ2) is 4.40. The minimum atomic E-state index is -1.61. The molecule has 74 valence electrons. The average molecular weight is 412 g/mol. The Morgan fingerprint density at radius 1 is 1.53 bits per heavy atom. The van der Waals surface area contributed by atoms with Crippen LogP contribution in [-0.4, -0.2) is 23.2 Å². The van der Waals surface area contributed by atoms with E-state index in [0.717, 1.165) is 0 Å². The Labute approximate surface area is 101 Å². The monoisotopic (exact) mass is 413 g/mol. The zero-order valence-electron chi connectivity index (χ0n) is 7.94. The predicted molar refractivity (Wildman–Crippen MR) is 50.9 cm³/mol.